The molecular weight excluding hydrogens is 610 g/mol. The molecule has 1 saturated heterocycles. The van der Waals surface area contributed by atoms with Crippen molar-refractivity contribution in [1.82, 2.24) is 25.3 Å². The number of hydrogen-bond acceptors (Lipinski definition) is 5. The van der Waals surface area contributed by atoms with Crippen molar-refractivity contribution in [3.63, 3.8) is 0 Å². The summed E-state index contributed by atoms with van der Waals surface area (Å²) >= 11 is 0. The Labute approximate surface area is 293 Å². The van der Waals surface area contributed by atoms with Crippen LogP contribution in [0.4, 0.5) is 0 Å². The quantitative estimate of drug-likeness (QED) is 0.180. The zero-order chi connectivity index (χ0) is 35.4. The normalized spacial score (nSPS) is 17.4. The highest BCUT2D eigenvalue weighted by molar-refractivity contribution is 5.96. The van der Waals surface area contributed by atoms with E-state index in [1.54, 1.807) is 7.05 Å². The molecule has 0 aliphatic carbocycles. The van der Waals surface area contributed by atoms with Gasteiger partial charge in [0.2, 0.25) is 11.8 Å². The van der Waals surface area contributed by atoms with Gasteiger partial charge in [0.05, 0.1) is 0 Å². The van der Waals surface area contributed by atoms with Crippen molar-refractivity contribution in [2.24, 2.45) is 0 Å². The highest BCUT2D eigenvalue weighted by atomic mass is 16.2. The molecule has 1 aliphatic heterocycles. The molecule has 262 valence electrons. The first kappa shape index (κ1) is 37.5. The van der Waals surface area contributed by atoms with Crippen molar-refractivity contribution in [2.75, 3.05) is 34.2 Å². The number of likely N-dealkylation sites (tertiary alicyclic amines) is 1. The van der Waals surface area contributed by atoms with Crippen LogP contribution in [-0.2, 0) is 27.2 Å². The number of carbonyl (C=O) groups is 3. The lowest BCUT2D eigenvalue weighted by Gasteiger charge is -2.34. The van der Waals surface area contributed by atoms with Gasteiger partial charge in [0.1, 0.15) is 12.1 Å². The molecule has 3 aromatic rings. The van der Waals surface area contributed by atoms with Crippen LogP contribution in [0.1, 0.15) is 57.1 Å². The van der Waals surface area contributed by atoms with Crippen molar-refractivity contribution >= 4 is 28.5 Å². The molecule has 1 aliphatic rings. The summed E-state index contributed by atoms with van der Waals surface area (Å²) in [6.45, 7) is 9.78. The summed E-state index contributed by atoms with van der Waals surface area (Å²) in [6.07, 6.45) is 10.1. The molecule has 8 heteroatoms. The van der Waals surface area contributed by atoms with E-state index in [0.29, 0.717) is 25.4 Å². The van der Waals surface area contributed by atoms with Gasteiger partial charge in [-0.1, -0.05) is 92.4 Å². The van der Waals surface area contributed by atoms with Gasteiger partial charge in [0.15, 0.2) is 0 Å². The van der Waals surface area contributed by atoms with Crippen LogP contribution in [0, 0.1) is 0 Å². The molecule has 8 nitrogen and oxygen atoms in total. The minimum Gasteiger partial charge on any atom is -0.354 e. The molecule has 4 rings (SSSR count). The first-order valence-corrected chi connectivity index (χ1v) is 17.7. The fourth-order valence-corrected chi connectivity index (χ4v) is 6.65. The van der Waals surface area contributed by atoms with Crippen LogP contribution < -0.4 is 10.6 Å². The van der Waals surface area contributed by atoms with Crippen LogP contribution in [0.3, 0.4) is 0 Å². The van der Waals surface area contributed by atoms with E-state index in [0.717, 1.165) is 47.7 Å². The molecule has 4 atom stereocenters. The molecule has 1 fully saturated rings. The molecule has 0 radical (unpaired) electrons. The number of fused-ring (bicyclic) bond motifs is 1. The summed E-state index contributed by atoms with van der Waals surface area (Å²) in [7, 11) is 5.72. The number of likely N-dealkylation sites (N-methyl/N-ethyl adjacent to an activating group) is 1. The van der Waals surface area contributed by atoms with E-state index in [2.05, 4.69) is 49.1 Å². The largest absolute Gasteiger partial charge is 0.354 e. The predicted octanol–water partition coefficient (Wildman–Crippen LogP) is 5.73. The van der Waals surface area contributed by atoms with Gasteiger partial charge in [0, 0.05) is 44.2 Å². The average molecular weight is 666 g/mol. The van der Waals surface area contributed by atoms with E-state index in [9.17, 15) is 14.4 Å². The van der Waals surface area contributed by atoms with Crippen molar-refractivity contribution in [2.45, 2.75) is 82.5 Å². The summed E-state index contributed by atoms with van der Waals surface area (Å²) in [5, 5.41) is 8.61. The molecule has 0 bridgehead atoms. The SMILES string of the molecule is C=CN(C(=O)/C=C/CC(C)(CC)NC)[C@H](Cc1ccc2ccccc2c1)C(=O)N(C)[C@H](Cc1ccccc1)C(=O)NCCC1CCCN1C. The molecular formula is C41H55N5O3. The molecule has 3 amide bonds. The van der Waals surface area contributed by atoms with E-state index in [-0.39, 0.29) is 29.7 Å². The highest BCUT2D eigenvalue weighted by Gasteiger charge is 2.35. The summed E-state index contributed by atoms with van der Waals surface area (Å²) in [6, 6.07) is 22.7. The fourth-order valence-electron chi connectivity index (χ4n) is 6.65. The third-order valence-electron chi connectivity index (χ3n) is 10.4. The maximum atomic E-state index is 14.7. The summed E-state index contributed by atoms with van der Waals surface area (Å²) < 4.78 is 0. The minimum atomic E-state index is -0.916. The Bertz CT molecular complexity index is 1580. The van der Waals surface area contributed by atoms with Crippen molar-refractivity contribution in [3.8, 4) is 0 Å². The van der Waals surface area contributed by atoms with Gasteiger partial charge >= 0.3 is 0 Å². The van der Waals surface area contributed by atoms with Gasteiger partial charge in [-0.3, -0.25) is 14.4 Å². The monoisotopic (exact) mass is 665 g/mol. The van der Waals surface area contributed by atoms with Crippen LogP contribution in [0.25, 0.3) is 10.8 Å². The van der Waals surface area contributed by atoms with Crippen molar-refractivity contribution in [1.29, 1.82) is 0 Å². The molecule has 0 spiro atoms. The van der Waals surface area contributed by atoms with Crippen LogP contribution in [-0.4, -0.2) is 90.3 Å². The number of amides is 3. The Morgan fingerprint density at radius 3 is 2.35 bits per heavy atom. The van der Waals surface area contributed by atoms with E-state index in [4.69, 9.17) is 0 Å². The predicted molar refractivity (Wildman–Crippen MR) is 200 cm³/mol. The Hall–Kier alpha value is -4.27. The first-order chi connectivity index (χ1) is 23.6. The lowest BCUT2D eigenvalue weighted by Crippen LogP contribution is -2.55. The summed E-state index contributed by atoms with van der Waals surface area (Å²) in [5.41, 5.74) is 1.71. The number of carbonyl (C=O) groups excluding carboxylic acids is 3. The molecule has 1 heterocycles. The van der Waals surface area contributed by atoms with Crippen LogP contribution in [0.2, 0.25) is 0 Å². The standard InChI is InChI=1S/C41H55N5O3/c1-7-41(3,42-4)25-14-21-38(47)46(8-2)37(30-32-22-23-33-18-12-13-19-34(33)28-32)40(49)45(6)36(29-31-16-10-9-11-17-31)39(48)43-26-24-35-20-15-27-44(35)5/h8-14,16-19,21-23,28,35-37,42H,2,7,15,20,24-27,29-30H2,1,3-6H3,(H,43,48)/b21-14+/t35?,36-,37-,41?/m1/s1. The van der Waals surface area contributed by atoms with Crippen LogP contribution >= 0.6 is 0 Å². The summed E-state index contributed by atoms with van der Waals surface area (Å²) in [5.74, 6) is -0.857. The second-order valence-corrected chi connectivity index (χ2v) is 13.6. The summed E-state index contributed by atoms with van der Waals surface area (Å²) in [4.78, 5) is 47.7. The maximum Gasteiger partial charge on any atom is 0.250 e. The van der Waals surface area contributed by atoms with E-state index >= 15 is 0 Å². The molecule has 2 unspecified atom stereocenters. The van der Waals surface area contributed by atoms with Crippen molar-refractivity contribution in [3.05, 3.63) is 109 Å². The van der Waals surface area contributed by atoms with E-state index in [1.807, 2.05) is 79.9 Å². The number of benzene rings is 3. The highest BCUT2D eigenvalue weighted by Crippen LogP contribution is 2.22. The maximum absolute atomic E-state index is 14.7. The number of hydrogen-bond donors (Lipinski definition) is 2. The second kappa shape index (κ2) is 17.9. The van der Waals surface area contributed by atoms with Gasteiger partial charge < -0.3 is 25.3 Å². The van der Waals surface area contributed by atoms with Crippen LogP contribution in [0.5, 0.6) is 0 Å². The van der Waals surface area contributed by atoms with Gasteiger partial charge in [-0.2, -0.15) is 0 Å². The van der Waals surface area contributed by atoms with Gasteiger partial charge in [0.25, 0.3) is 5.91 Å². The van der Waals surface area contributed by atoms with Gasteiger partial charge in [-0.25, -0.2) is 0 Å². The third kappa shape index (κ3) is 10.1. The Morgan fingerprint density at radius 1 is 1.00 bits per heavy atom. The minimum absolute atomic E-state index is 0.151. The average Bonchev–Trinajstić information content (AvgIpc) is 3.54. The topological polar surface area (TPSA) is 85.0 Å². The lowest BCUT2D eigenvalue weighted by molar-refractivity contribution is -0.145. The third-order valence-corrected chi connectivity index (χ3v) is 10.4. The second-order valence-electron chi connectivity index (χ2n) is 13.6. The zero-order valence-corrected chi connectivity index (χ0v) is 30.0. The number of nitrogens with zero attached hydrogens (tertiary/aromatic N) is 3. The smallest absolute Gasteiger partial charge is 0.250 e. The van der Waals surface area contributed by atoms with E-state index in [1.165, 1.54) is 28.5 Å². The van der Waals surface area contributed by atoms with Gasteiger partial charge in [-0.15, -0.1) is 0 Å². The number of nitrogens with one attached hydrogen (secondary N) is 2. The molecule has 49 heavy (non-hydrogen) atoms. The van der Waals surface area contributed by atoms with Gasteiger partial charge in [-0.05, 0) is 87.6 Å². The molecule has 0 saturated carbocycles. The fraction of sp³-hybridized carbons (Fsp3) is 0.439. The Kier molecular flexibility index (Phi) is 13.7. The van der Waals surface area contributed by atoms with E-state index < -0.39 is 12.1 Å². The first-order valence-electron chi connectivity index (χ1n) is 17.7. The Balaban J connectivity index is 1.63. The Morgan fingerprint density at radius 2 is 1.69 bits per heavy atom. The molecule has 3 aromatic carbocycles. The number of rotatable bonds is 17. The lowest BCUT2D eigenvalue weighted by atomic mass is 9.94. The zero-order valence-electron chi connectivity index (χ0n) is 30.0. The van der Waals surface area contributed by atoms with Crippen molar-refractivity contribution < 1.29 is 14.4 Å². The molecule has 0 aromatic heterocycles. The van der Waals surface area contributed by atoms with Crippen LogP contribution in [0.15, 0.2) is 97.7 Å². The molecule has 2 N–H and O–H groups in total.